The first-order valence-electron chi connectivity index (χ1n) is 6.15. The average Bonchev–Trinajstić information content (AvgIpc) is 2.75. The highest BCUT2D eigenvalue weighted by molar-refractivity contribution is 7.99. The van der Waals surface area contributed by atoms with E-state index < -0.39 is 18.1 Å². The predicted octanol–water partition coefficient (Wildman–Crippen LogP) is 2.69. The smallest absolute Gasteiger partial charge is 0.415 e. The average molecular weight is 314 g/mol. The number of cyclic esters (lactones) is 1. The van der Waals surface area contributed by atoms with Gasteiger partial charge in [0, 0.05) is 4.90 Å². The maximum atomic E-state index is 11.9. The van der Waals surface area contributed by atoms with Gasteiger partial charge in [-0.1, -0.05) is 11.6 Å². The van der Waals surface area contributed by atoms with Crippen LogP contribution < -0.4 is 10.1 Å². The predicted molar refractivity (Wildman–Crippen MR) is 74.4 cm³/mol. The number of amides is 2. The maximum Gasteiger partial charge on any atom is 0.415 e. The second kappa shape index (κ2) is 5.18. The Morgan fingerprint density at radius 1 is 1.50 bits per heavy atom. The molecule has 2 aliphatic rings. The molecule has 2 amide bonds. The summed E-state index contributed by atoms with van der Waals surface area (Å²) in [5.41, 5.74) is 1.63. The largest absolute Gasteiger partial charge is 0.495 e. The molecule has 1 N–H and O–H groups in total. The lowest BCUT2D eigenvalue weighted by Gasteiger charge is -2.23. The quantitative estimate of drug-likeness (QED) is 0.909. The van der Waals surface area contributed by atoms with Gasteiger partial charge < -0.3 is 9.47 Å². The third-order valence-corrected chi connectivity index (χ3v) is 4.83. The zero-order valence-electron chi connectivity index (χ0n) is 10.7. The van der Waals surface area contributed by atoms with Crippen molar-refractivity contribution >= 4 is 35.4 Å². The number of hydrogen-bond donors (Lipinski definition) is 1. The number of benzene rings is 1. The Labute approximate surface area is 125 Å². The molecule has 1 fully saturated rings. The molecule has 1 aromatic carbocycles. The van der Waals surface area contributed by atoms with Gasteiger partial charge in [-0.15, -0.1) is 11.8 Å². The van der Waals surface area contributed by atoms with Crippen molar-refractivity contribution in [2.75, 3.05) is 12.9 Å². The van der Waals surface area contributed by atoms with Crippen LogP contribution in [-0.4, -0.2) is 24.9 Å². The normalized spacial score (nSPS) is 21.2. The zero-order valence-corrected chi connectivity index (χ0v) is 12.3. The standard InChI is InChI=1S/C13H12ClNO4S/c1-18-9-7(14)5-6-3-2-4-20-11(6)8(9)10-12(16)15-13(17)19-10/h5,10H,2-4H2,1H3,(H,15,16,17). The monoisotopic (exact) mass is 313 g/mol. The van der Waals surface area contributed by atoms with Crippen LogP contribution in [0.25, 0.3) is 0 Å². The Kier molecular flexibility index (Phi) is 3.52. The van der Waals surface area contributed by atoms with Crippen molar-refractivity contribution in [3.63, 3.8) is 0 Å². The molecule has 0 saturated carbocycles. The van der Waals surface area contributed by atoms with Crippen LogP contribution in [0.4, 0.5) is 4.79 Å². The van der Waals surface area contributed by atoms with Gasteiger partial charge in [-0.05, 0) is 30.2 Å². The van der Waals surface area contributed by atoms with E-state index in [0.717, 1.165) is 29.1 Å². The van der Waals surface area contributed by atoms with Crippen LogP contribution in [-0.2, 0) is 16.0 Å². The van der Waals surface area contributed by atoms with Gasteiger partial charge >= 0.3 is 6.09 Å². The second-order valence-electron chi connectivity index (χ2n) is 4.52. The highest BCUT2D eigenvalue weighted by Crippen LogP contribution is 2.46. The van der Waals surface area contributed by atoms with Gasteiger partial charge in [0.25, 0.3) is 5.91 Å². The van der Waals surface area contributed by atoms with Crippen LogP contribution in [0, 0.1) is 0 Å². The molecule has 3 rings (SSSR count). The molecule has 20 heavy (non-hydrogen) atoms. The molecule has 0 aliphatic carbocycles. The number of carbonyl (C=O) groups excluding carboxylic acids is 2. The molecule has 106 valence electrons. The van der Waals surface area contributed by atoms with E-state index in [9.17, 15) is 9.59 Å². The molecule has 1 atom stereocenters. The summed E-state index contributed by atoms with van der Waals surface area (Å²) >= 11 is 7.86. The fourth-order valence-corrected chi connectivity index (χ4v) is 3.98. The summed E-state index contributed by atoms with van der Waals surface area (Å²) < 4.78 is 10.4. The van der Waals surface area contributed by atoms with Gasteiger partial charge in [-0.3, -0.25) is 10.1 Å². The molecule has 1 aromatic rings. The van der Waals surface area contributed by atoms with E-state index in [2.05, 4.69) is 5.32 Å². The van der Waals surface area contributed by atoms with Crippen LogP contribution in [0.2, 0.25) is 5.02 Å². The highest BCUT2D eigenvalue weighted by Gasteiger charge is 2.39. The number of alkyl carbamates (subject to hydrolysis) is 1. The lowest BCUT2D eigenvalue weighted by Crippen LogP contribution is -2.21. The van der Waals surface area contributed by atoms with E-state index >= 15 is 0 Å². The summed E-state index contributed by atoms with van der Waals surface area (Å²) in [5, 5.41) is 2.57. The molecule has 2 heterocycles. The van der Waals surface area contributed by atoms with Gasteiger partial charge in [0.15, 0.2) is 0 Å². The van der Waals surface area contributed by atoms with E-state index in [1.54, 1.807) is 11.8 Å². The van der Waals surface area contributed by atoms with Crippen molar-refractivity contribution in [1.82, 2.24) is 5.32 Å². The van der Waals surface area contributed by atoms with Gasteiger partial charge in [0.2, 0.25) is 6.10 Å². The first-order valence-corrected chi connectivity index (χ1v) is 7.51. The maximum absolute atomic E-state index is 11.9. The first-order chi connectivity index (χ1) is 9.61. The number of hydrogen-bond acceptors (Lipinski definition) is 5. The number of imide groups is 1. The van der Waals surface area contributed by atoms with Crippen molar-refractivity contribution < 1.29 is 19.1 Å². The highest BCUT2D eigenvalue weighted by atomic mass is 35.5. The Balaban J connectivity index is 2.19. The number of ether oxygens (including phenoxy) is 2. The molecule has 7 heteroatoms. The van der Waals surface area contributed by atoms with Crippen molar-refractivity contribution in [3.8, 4) is 5.75 Å². The van der Waals surface area contributed by atoms with Crippen LogP contribution in [0.1, 0.15) is 23.7 Å². The lowest BCUT2D eigenvalue weighted by molar-refractivity contribution is -0.123. The zero-order chi connectivity index (χ0) is 14.3. The molecule has 0 aromatic heterocycles. The van der Waals surface area contributed by atoms with Gasteiger partial charge in [0.1, 0.15) is 5.75 Å². The van der Waals surface area contributed by atoms with E-state index in [1.165, 1.54) is 7.11 Å². The van der Waals surface area contributed by atoms with Gasteiger partial charge in [-0.25, -0.2) is 4.79 Å². The molecule has 0 spiro atoms. The Bertz CT molecular complexity index is 605. The van der Waals surface area contributed by atoms with Crippen molar-refractivity contribution in [3.05, 3.63) is 22.2 Å². The van der Waals surface area contributed by atoms with Crippen molar-refractivity contribution in [2.45, 2.75) is 23.8 Å². The number of nitrogens with one attached hydrogen (secondary N) is 1. The van der Waals surface area contributed by atoms with Crippen molar-refractivity contribution in [2.24, 2.45) is 0 Å². The summed E-state index contributed by atoms with van der Waals surface area (Å²) in [6, 6.07) is 1.86. The SMILES string of the molecule is COc1c(Cl)cc2c(c1C1OC(=O)NC1=O)SCCC2. The van der Waals surface area contributed by atoms with Crippen molar-refractivity contribution in [1.29, 1.82) is 0 Å². The number of aryl methyl sites for hydroxylation is 1. The van der Waals surface area contributed by atoms with E-state index in [0.29, 0.717) is 16.3 Å². The minimum absolute atomic E-state index is 0.398. The molecular formula is C13H12ClNO4S. The van der Waals surface area contributed by atoms with E-state index in [4.69, 9.17) is 21.1 Å². The number of methoxy groups -OCH3 is 1. The molecule has 0 radical (unpaired) electrons. The van der Waals surface area contributed by atoms with Crippen LogP contribution in [0.3, 0.4) is 0 Å². The Hall–Kier alpha value is -1.40. The lowest BCUT2D eigenvalue weighted by atomic mass is 10.0. The summed E-state index contributed by atoms with van der Waals surface area (Å²) in [7, 11) is 1.49. The summed E-state index contributed by atoms with van der Waals surface area (Å²) in [5.74, 6) is 0.867. The molecular weight excluding hydrogens is 302 g/mol. The fourth-order valence-electron chi connectivity index (χ4n) is 2.47. The number of carbonyl (C=O) groups is 2. The summed E-state index contributed by atoms with van der Waals surface area (Å²) in [6.07, 6.45) is 0.213. The number of rotatable bonds is 2. The number of halogens is 1. The first kappa shape index (κ1) is 13.6. The minimum Gasteiger partial charge on any atom is -0.495 e. The van der Waals surface area contributed by atoms with E-state index in [-0.39, 0.29) is 0 Å². The number of thioether (sulfide) groups is 1. The molecule has 1 saturated heterocycles. The van der Waals surface area contributed by atoms with Gasteiger partial charge in [-0.2, -0.15) is 0 Å². The molecule has 5 nitrogen and oxygen atoms in total. The Morgan fingerprint density at radius 2 is 2.30 bits per heavy atom. The van der Waals surface area contributed by atoms with Crippen LogP contribution >= 0.6 is 23.4 Å². The van der Waals surface area contributed by atoms with Gasteiger partial charge in [0.05, 0.1) is 17.7 Å². The molecule has 0 bridgehead atoms. The van der Waals surface area contributed by atoms with E-state index in [1.807, 2.05) is 6.07 Å². The summed E-state index contributed by atoms with van der Waals surface area (Å²) in [4.78, 5) is 24.1. The van der Waals surface area contributed by atoms with Crippen LogP contribution in [0.15, 0.2) is 11.0 Å². The third-order valence-electron chi connectivity index (χ3n) is 3.29. The number of fused-ring (bicyclic) bond motifs is 1. The molecule has 1 unspecified atom stereocenters. The minimum atomic E-state index is -0.990. The second-order valence-corrected chi connectivity index (χ2v) is 6.03. The topological polar surface area (TPSA) is 64.6 Å². The summed E-state index contributed by atoms with van der Waals surface area (Å²) in [6.45, 7) is 0. The Morgan fingerprint density at radius 3 is 2.95 bits per heavy atom. The van der Waals surface area contributed by atoms with Crippen LogP contribution in [0.5, 0.6) is 5.75 Å². The third kappa shape index (κ3) is 2.13. The fraction of sp³-hybridized carbons (Fsp3) is 0.385. The molecule has 2 aliphatic heterocycles.